The van der Waals surface area contributed by atoms with E-state index in [4.69, 9.17) is 18.9 Å². The zero-order valence-electron chi connectivity index (χ0n) is 19.5. The molecule has 0 aliphatic heterocycles. The summed E-state index contributed by atoms with van der Waals surface area (Å²) in [6, 6.07) is 3.91. The van der Waals surface area contributed by atoms with Crippen LogP contribution in [0.5, 0.6) is 17.2 Å². The van der Waals surface area contributed by atoms with Crippen molar-refractivity contribution in [3.05, 3.63) is 17.7 Å². The Balaban J connectivity index is 0.00000480. The molecule has 0 aromatic heterocycles. The summed E-state index contributed by atoms with van der Waals surface area (Å²) in [5, 5.41) is 6.70. The minimum atomic E-state index is 0. The second-order valence-electron chi connectivity index (χ2n) is 7.42. The van der Waals surface area contributed by atoms with Crippen LogP contribution in [0, 0.1) is 0 Å². The van der Waals surface area contributed by atoms with E-state index in [0.29, 0.717) is 23.4 Å². The first-order chi connectivity index (χ1) is 14.7. The Labute approximate surface area is 204 Å². The molecule has 0 amide bonds. The van der Waals surface area contributed by atoms with E-state index in [9.17, 15) is 0 Å². The number of benzene rings is 1. The number of nitrogens with zero attached hydrogens (tertiary/aromatic N) is 1. The zero-order chi connectivity index (χ0) is 21.6. The van der Waals surface area contributed by atoms with Crippen molar-refractivity contribution in [2.24, 2.45) is 4.99 Å². The van der Waals surface area contributed by atoms with Gasteiger partial charge >= 0.3 is 0 Å². The van der Waals surface area contributed by atoms with E-state index in [1.54, 1.807) is 21.3 Å². The van der Waals surface area contributed by atoms with Crippen molar-refractivity contribution in [2.45, 2.75) is 58.0 Å². The number of aliphatic imine (C=N–C) groups is 1. The fourth-order valence-corrected chi connectivity index (χ4v) is 3.75. The summed E-state index contributed by atoms with van der Waals surface area (Å²) in [5.74, 6) is 2.82. The smallest absolute Gasteiger partial charge is 0.203 e. The first kappa shape index (κ1) is 27.6. The fraction of sp³-hybridized carbons (Fsp3) is 0.696. The molecule has 1 fully saturated rings. The first-order valence-electron chi connectivity index (χ1n) is 11.1. The third-order valence-corrected chi connectivity index (χ3v) is 5.29. The highest BCUT2D eigenvalue weighted by molar-refractivity contribution is 14.0. The maximum Gasteiger partial charge on any atom is 0.203 e. The maximum absolute atomic E-state index is 5.98. The molecule has 2 rings (SSSR count). The van der Waals surface area contributed by atoms with E-state index >= 15 is 0 Å². The summed E-state index contributed by atoms with van der Waals surface area (Å²) >= 11 is 0. The number of hydrogen-bond donors (Lipinski definition) is 2. The lowest BCUT2D eigenvalue weighted by molar-refractivity contribution is 0.0281. The van der Waals surface area contributed by atoms with Gasteiger partial charge in [0.25, 0.3) is 0 Å². The molecule has 31 heavy (non-hydrogen) atoms. The van der Waals surface area contributed by atoms with Gasteiger partial charge < -0.3 is 29.6 Å². The van der Waals surface area contributed by atoms with Crippen molar-refractivity contribution in [3.63, 3.8) is 0 Å². The SMILES string of the molecule is CCNC(=NCCCOC1CCCCC1)NCCc1ccc(OC)c(OC)c1OC.I. The van der Waals surface area contributed by atoms with Crippen LogP contribution in [0.15, 0.2) is 17.1 Å². The highest BCUT2D eigenvalue weighted by atomic mass is 127. The Morgan fingerprint density at radius 2 is 1.74 bits per heavy atom. The van der Waals surface area contributed by atoms with Crippen LogP contribution in [0.1, 0.15) is 51.0 Å². The van der Waals surface area contributed by atoms with Crippen molar-refractivity contribution in [1.29, 1.82) is 0 Å². The summed E-state index contributed by atoms with van der Waals surface area (Å²) in [4.78, 5) is 4.67. The van der Waals surface area contributed by atoms with E-state index in [0.717, 1.165) is 50.6 Å². The van der Waals surface area contributed by atoms with Crippen molar-refractivity contribution < 1.29 is 18.9 Å². The quantitative estimate of drug-likeness (QED) is 0.177. The van der Waals surface area contributed by atoms with E-state index in [1.807, 2.05) is 12.1 Å². The van der Waals surface area contributed by atoms with Crippen LogP contribution < -0.4 is 24.8 Å². The van der Waals surface area contributed by atoms with Crippen LogP contribution in [0.4, 0.5) is 0 Å². The first-order valence-corrected chi connectivity index (χ1v) is 11.1. The van der Waals surface area contributed by atoms with Crippen LogP contribution in [0.25, 0.3) is 0 Å². The number of guanidine groups is 1. The molecule has 0 saturated heterocycles. The topological polar surface area (TPSA) is 73.3 Å². The lowest BCUT2D eigenvalue weighted by Crippen LogP contribution is -2.38. The molecule has 0 unspecified atom stereocenters. The molecular weight excluding hydrogens is 509 g/mol. The molecule has 0 radical (unpaired) electrons. The second kappa shape index (κ2) is 16.2. The number of halogens is 1. The van der Waals surface area contributed by atoms with Crippen molar-refractivity contribution in [3.8, 4) is 17.2 Å². The predicted octanol–water partition coefficient (Wildman–Crippen LogP) is 4.17. The number of rotatable bonds is 12. The molecule has 8 heteroatoms. The van der Waals surface area contributed by atoms with E-state index in [1.165, 1.54) is 32.1 Å². The van der Waals surface area contributed by atoms with Crippen LogP contribution in [0.2, 0.25) is 0 Å². The molecule has 178 valence electrons. The van der Waals surface area contributed by atoms with Crippen LogP contribution in [-0.4, -0.2) is 59.6 Å². The molecule has 1 aliphatic carbocycles. The van der Waals surface area contributed by atoms with Crippen LogP contribution in [-0.2, 0) is 11.2 Å². The van der Waals surface area contributed by atoms with Gasteiger partial charge in [-0.05, 0) is 38.7 Å². The standard InChI is InChI=1S/C23H39N3O4.HI/c1-5-24-23(25-15-9-17-30-19-10-7-6-8-11-19)26-16-14-18-12-13-20(27-2)22(29-4)21(18)28-3;/h12-13,19H,5-11,14-17H2,1-4H3,(H2,24,25,26);1H. The van der Waals surface area contributed by atoms with Gasteiger partial charge in [-0.2, -0.15) is 0 Å². The van der Waals surface area contributed by atoms with E-state index < -0.39 is 0 Å². The Hall–Kier alpha value is -1.42. The summed E-state index contributed by atoms with van der Waals surface area (Å²) in [6.07, 6.45) is 8.59. The average Bonchev–Trinajstić information content (AvgIpc) is 2.78. The van der Waals surface area contributed by atoms with Gasteiger partial charge in [-0.25, -0.2) is 0 Å². The number of methoxy groups -OCH3 is 3. The molecule has 2 N–H and O–H groups in total. The van der Waals surface area contributed by atoms with Crippen molar-refractivity contribution in [2.75, 3.05) is 47.6 Å². The Morgan fingerprint density at radius 3 is 2.39 bits per heavy atom. The number of nitrogens with one attached hydrogen (secondary N) is 2. The predicted molar refractivity (Wildman–Crippen MR) is 137 cm³/mol. The van der Waals surface area contributed by atoms with Gasteiger partial charge in [0.15, 0.2) is 17.5 Å². The molecule has 1 aromatic rings. The van der Waals surface area contributed by atoms with Crippen molar-refractivity contribution >= 4 is 29.9 Å². The molecule has 0 heterocycles. The zero-order valence-corrected chi connectivity index (χ0v) is 21.8. The van der Waals surface area contributed by atoms with Gasteiger partial charge in [-0.1, -0.05) is 25.3 Å². The van der Waals surface area contributed by atoms with Crippen LogP contribution in [0.3, 0.4) is 0 Å². The Morgan fingerprint density at radius 1 is 1.00 bits per heavy atom. The molecule has 0 atom stereocenters. The third-order valence-electron chi connectivity index (χ3n) is 5.29. The van der Waals surface area contributed by atoms with Gasteiger partial charge in [-0.15, -0.1) is 24.0 Å². The van der Waals surface area contributed by atoms with Gasteiger partial charge in [0.05, 0.1) is 27.4 Å². The highest BCUT2D eigenvalue weighted by Crippen LogP contribution is 2.39. The summed E-state index contributed by atoms with van der Waals surface area (Å²) < 4.78 is 22.4. The summed E-state index contributed by atoms with van der Waals surface area (Å²) in [5.41, 5.74) is 1.05. The molecule has 1 saturated carbocycles. The Bertz CT molecular complexity index is 652. The highest BCUT2D eigenvalue weighted by Gasteiger charge is 2.15. The molecule has 7 nitrogen and oxygen atoms in total. The maximum atomic E-state index is 5.98. The summed E-state index contributed by atoms with van der Waals surface area (Å²) in [7, 11) is 4.89. The molecule has 0 spiro atoms. The third kappa shape index (κ3) is 9.31. The minimum Gasteiger partial charge on any atom is -0.493 e. The number of hydrogen-bond acceptors (Lipinski definition) is 5. The van der Waals surface area contributed by atoms with E-state index in [-0.39, 0.29) is 24.0 Å². The van der Waals surface area contributed by atoms with E-state index in [2.05, 4.69) is 22.5 Å². The lowest BCUT2D eigenvalue weighted by Gasteiger charge is -2.21. The van der Waals surface area contributed by atoms with Crippen molar-refractivity contribution in [1.82, 2.24) is 10.6 Å². The molecule has 1 aromatic carbocycles. The largest absolute Gasteiger partial charge is 0.493 e. The van der Waals surface area contributed by atoms with Crippen LogP contribution >= 0.6 is 24.0 Å². The van der Waals surface area contributed by atoms with Gasteiger partial charge in [0.2, 0.25) is 5.75 Å². The molecule has 0 bridgehead atoms. The van der Waals surface area contributed by atoms with Gasteiger partial charge in [-0.3, -0.25) is 4.99 Å². The number of ether oxygens (including phenoxy) is 4. The molecular formula is C23H40IN3O4. The monoisotopic (exact) mass is 549 g/mol. The van der Waals surface area contributed by atoms with Gasteiger partial charge in [0.1, 0.15) is 0 Å². The average molecular weight is 549 g/mol. The second-order valence-corrected chi connectivity index (χ2v) is 7.42. The van der Waals surface area contributed by atoms with Gasteiger partial charge in [0, 0.05) is 31.8 Å². The lowest BCUT2D eigenvalue weighted by atomic mass is 9.98. The minimum absolute atomic E-state index is 0. The Kier molecular flexibility index (Phi) is 14.5. The normalized spacial score (nSPS) is 14.5. The summed E-state index contributed by atoms with van der Waals surface area (Å²) in [6.45, 7) is 5.17. The fourth-order valence-electron chi connectivity index (χ4n) is 3.75. The molecule has 1 aliphatic rings.